The topological polar surface area (TPSA) is 68.8 Å². The second-order valence-electron chi connectivity index (χ2n) is 3.61. The molecule has 5 nitrogen and oxygen atoms in total. The summed E-state index contributed by atoms with van der Waals surface area (Å²) in [6.07, 6.45) is 4.44. The third-order valence-corrected chi connectivity index (χ3v) is 2.57. The second kappa shape index (κ2) is 5.03. The molecule has 0 aliphatic carbocycles. The molecule has 0 aromatic carbocycles. The molecule has 2 rings (SSSR count). The van der Waals surface area contributed by atoms with Gasteiger partial charge in [-0.3, -0.25) is 15.5 Å². The summed E-state index contributed by atoms with van der Waals surface area (Å²) >= 11 is 0. The zero-order valence-electron chi connectivity index (χ0n) is 9.47. The van der Waals surface area contributed by atoms with E-state index in [1.165, 1.54) is 6.07 Å². The van der Waals surface area contributed by atoms with Crippen molar-refractivity contribution in [3.05, 3.63) is 47.8 Å². The fraction of sp³-hybridized carbons (Fsp3) is 0.273. The fourth-order valence-corrected chi connectivity index (χ4v) is 1.79. The van der Waals surface area contributed by atoms with Gasteiger partial charge in [0.15, 0.2) is 0 Å². The summed E-state index contributed by atoms with van der Waals surface area (Å²) in [5.74, 6) is 5.14. The maximum atomic E-state index is 13.1. The number of hydrazine groups is 1. The van der Waals surface area contributed by atoms with Crippen LogP contribution >= 0.6 is 0 Å². The number of hydrogen-bond acceptors (Lipinski definition) is 4. The minimum Gasteiger partial charge on any atom is -0.271 e. The number of halogens is 1. The standard InChI is InChI=1S/C11H14FN5/c1-2-17-10(3-4-15-17)11(16-13)8-5-9(12)7-14-6-8/h3-7,11,16H,2,13H2,1H3. The molecule has 0 bridgehead atoms. The molecule has 2 aromatic heterocycles. The van der Waals surface area contributed by atoms with Gasteiger partial charge in [-0.15, -0.1) is 0 Å². The molecule has 2 heterocycles. The van der Waals surface area contributed by atoms with E-state index in [2.05, 4.69) is 15.5 Å². The summed E-state index contributed by atoms with van der Waals surface area (Å²) in [5, 5.41) is 4.16. The highest BCUT2D eigenvalue weighted by molar-refractivity contribution is 5.25. The highest BCUT2D eigenvalue weighted by Gasteiger charge is 2.17. The smallest absolute Gasteiger partial charge is 0.141 e. The van der Waals surface area contributed by atoms with Gasteiger partial charge in [0.25, 0.3) is 0 Å². The zero-order valence-corrected chi connectivity index (χ0v) is 9.47. The number of pyridine rings is 1. The van der Waals surface area contributed by atoms with Gasteiger partial charge in [0.1, 0.15) is 5.82 Å². The van der Waals surface area contributed by atoms with Gasteiger partial charge in [0.05, 0.1) is 17.9 Å². The molecule has 17 heavy (non-hydrogen) atoms. The molecule has 1 unspecified atom stereocenters. The molecular formula is C11H14FN5. The number of aryl methyl sites for hydroxylation is 1. The second-order valence-corrected chi connectivity index (χ2v) is 3.61. The molecule has 3 N–H and O–H groups in total. The molecule has 0 spiro atoms. The highest BCUT2D eigenvalue weighted by atomic mass is 19.1. The Morgan fingerprint density at radius 2 is 2.35 bits per heavy atom. The summed E-state index contributed by atoms with van der Waals surface area (Å²) in [5.41, 5.74) is 4.20. The number of aromatic nitrogens is 3. The van der Waals surface area contributed by atoms with Crippen molar-refractivity contribution in [1.82, 2.24) is 20.2 Å². The Morgan fingerprint density at radius 1 is 1.53 bits per heavy atom. The summed E-state index contributed by atoms with van der Waals surface area (Å²) in [6, 6.07) is 2.93. The van der Waals surface area contributed by atoms with E-state index in [4.69, 9.17) is 5.84 Å². The molecule has 0 fully saturated rings. The first-order valence-corrected chi connectivity index (χ1v) is 5.34. The first-order valence-electron chi connectivity index (χ1n) is 5.34. The number of hydrogen-bond donors (Lipinski definition) is 2. The molecular weight excluding hydrogens is 221 g/mol. The molecule has 0 aliphatic rings. The molecule has 0 saturated heterocycles. The number of nitrogens with one attached hydrogen (secondary N) is 1. The molecule has 0 saturated carbocycles. The SMILES string of the molecule is CCn1nccc1C(NN)c1cncc(F)c1. The van der Waals surface area contributed by atoms with Gasteiger partial charge in [0.2, 0.25) is 0 Å². The lowest BCUT2D eigenvalue weighted by molar-refractivity contribution is 0.537. The van der Waals surface area contributed by atoms with Gasteiger partial charge >= 0.3 is 0 Å². The summed E-state index contributed by atoms with van der Waals surface area (Å²) in [4.78, 5) is 3.82. The summed E-state index contributed by atoms with van der Waals surface area (Å²) < 4.78 is 14.9. The summed E-state index contributed by atoms with van der Waals surface area (Å²) in [7, 11) is 0. The van der Waals surface area contributed by atoms with E-state index in [-0.39, 0.29) is 11.9 Å². The van der Waals surface area contributed by atoms with E-state index in [0.29, 0.717) is 5.56 Å². The monoisotopic (exact) mass is 235 g/mol. The first kappa shape index (κ1) is 11.7. The van der Waals surface area contributed by atoms with Crippen molar-refractivity contribution < 1.29 is 4.39 Å². The van der Waals surface area contributed by atoms with Crippen LogP contribution in [0.4, 0.5) is 4.39 Å². The van der Waals surface area contributed by atoms with E-state index >= 15 is 0 Å². The van der Waals surface area contributed by atoms with Crippen molar-refractivity contribution >= 4 is 0 Å². The zero-order chi connectivity index (χ0) is 12.3. The largest absolute Gasteiger partial charge is 0.271 e. The third kappa shape index (κ3) is 2.32. The van der Waals surface area contributed by atoms with Crippen molar-refractivity contribution in [2.75, 3.05) is 0 Å². The number of nitrogens with zero attached hydrogens (tertiary/aromatic N) is 3. The average molecular weight is 235 g/mol. The van der Waals surface area contributed by atoms with E-state index in [1.807, 2.05) is 13.0 Å². The molecule has 6 heteroatoms. The van der Waals surface area contributed by atoms with Crippen LogP contribution in [0.15, 0.2) is 30.7 Å². The minimum absolute atomic E-state index is 0.319. The quantitative estimate of drug-likeness (QED) is 0.612. The maximum absolute atomic E-state index is 13.1. The molecule has 1 atom stereocenters. The van der Waals surface area contributed by atoms with E-state index in [1.54, 1.807) is 17.1 Å². The van der Waals surface area contributed by atoms with Gasteiger partial charge in [-0.05, 0) is 24.6 Å². The Labute approximate surface area is 98.4 Å². The van der Waals surface area contributed by atoms with E-state index in [9.17, 15) is 4.39 Å². The van der Waals surface area contributed by atoms with Gasteiger partial charge in [0, 0.05) is 18.9 Å². The van der Waals surface area contributed by atoms with Gasteiger partial charge in [-0.1, -0.05) is 0 Å². The molecule has 2 aromatic rings. The van der Waals surface area contributed by atoms with Crippen molar-refractivity contribution in [2.24, 2.45) is 5.84 Å². The summed E-state index contributed by atoms with van der Waals surface area (Å²) in [6.45, 7) is 2.71. The Hall–Kier alpha value is -1.79. The third-order valence-electron chi connectivity index (χ3n) is 2.57. The lowest BCUT2D eigenvalue weighted by Gasteiger charge is -2.17. The molecule has 0 radical (unpaired) electrons. The van der Waals surface area contributed by atoms with E-state index < -0.39 is 0 Å². The normalized spacial score (nSPS) is 12.6. The molecule has 0 amide bonds. The Kier molecular flexibility index (Phi) is 3.46. The predicted octanol–water partition coefficient (Wildman–Crippen LogP) is 0.990. The lowest BCUT2D eigenvalue weighted by Crippen LogP contribution is -2.30. The van der Waals surface area contributed by atoms with Gasteiger partial charge in [-0.25, -0.2) is 9.82 Å². The van der Waals surface area contributed by atoms with Gasteiger partial charge in [-0.2, -0.15) is 5.10 Å². The Morgan fingerprint density at radius 3 is 3.00 bits per heavy atom. The van der Waals surface area contributed by atoms with Crippen molar-refractivity contribution in [3.8, 4) is 0 Å². The molecule has 90 valence electrons. The first-order chi connectivity index (χ1) is 8.26. The molecule has 0 aliphatic heterocycles. The number of rotatable bonds is 4. The average Bonchev–Trinajstić information content (AvgIpc) is 2.78. The van der Waals surface area contributed by atoms with Crippen LogP contribution < -0.4 is 11.3 Å². The Balaban J connectivity index is 2.40. The van der Waals surface area contributed by atoms with Crippen LogP contribution in [0.5, 0.6) is 0 Å². The van der Waals surface area contributed by atoms with Crippen molar-refractivity contribution in [3.63, 3.8) is 0 Å². The van der Waals surface area contributed by atoms with Crippen molar-refractivity contribution in [1.29, 1.82) is 0 Å². The fourth-order valence-electron chi connectivity index (χ4n) is 1.79. The van der Waals surface area contributed by atoms with Gasteiger partial charge < -0.3 is 0 Å². The predicted molar refractivity (Wildman–Crippen MR) is 61.3 cm³/mol. The Bertz CT molecular complexity index is 496. The van der Waals surface area contributed by atoms with E-state index in [0.717, 1.165) is 18.4 Å². The number of nitrogens with two attached hydrogens (primary N) is 1. The highest BCUT2D eigenvalue weighted by Crippen LogP contribution is 2.20. The maximum Gasteiger partial charge on any atom is 0.141 e. The van der Waals surface area contributed by atoms with Crippen LogP contribution in [0, 0.1) is 5.82 Å². The van der Waals surface area contributed by atoms with Crippen LogP contribution in [0.1, 0.15) is 24.2 Å². The van der Waals surface area contributed by atoms with Crippen molar-refractivity contribution in [2.45, 2.75) is 19.5 Å². The minimum atomic E-state index is -0.384. The van der Waals surface area contributed by atoms with Crippen LogP contribution in [-0.4, -0.2) is 14.8 Å². The van der Waals surface area contributed by atoms with Crippen LogP contribution in [0.3, 0.4) is 0 Å². The van der Waals surface area contributed by atoms with Crippen LogP contribution in [-0.2, 0) is 6.54 Å². The van der Waals surface area contributed by atoms with Crippen LogP contribution in [0.2, 0.25) is 0 Å². The van der Waals surface area contributed by atoms with Crippen LogP contribution in [0.25, 0.3) is 0 Å². The lowest BCUT2D eigenvalue weighted by atomic mass is 10.1.